The number of rotatable bonds is 3. The van der Waals surface area contributed by atoms with Crippen LogP contribution in [0.3, 0.4) is 0 Å². The molecule has 6 nitrogen and oxygen atoms in total. The molecule has 0 N–H and O–H groups in total. The predicted octanol–water partition coefficient (Wildman–Crippen LogP) is 1.57. The number of aryl methyl sites for hydroxylation is 1. The van der Waals surface area contributed by atoms with Crippen LogP contribution in [-0.2, 0) is 11.2 Å². The zero-order chi connectivity index (χ0) is 15.4. The molecule has 1 amide bonds. The Kier molecular flexibility index (Phi) is 4.74. The summed E-state index contributed by atoms with van der Waals surface area (Å²) >= 11 is 1.37. The van der Waals surface area contributed by atoms with E-state index in [2.05, 4.69) is 15.0 Å². The summed E-state index contributed by atoms with van der Waals surface area (Å²) in [6, 6.07) is 0. The summed E-state index contributed by atoms with van der Waals surface area (Å²) in [5.74, 6) is 0.268. The minimum Gasteiger partial charge on any atom is -0.379 e. The molecule has 0 saturated carbocycles. The highest BCUT2D eigenvalue weighted by Gasteiger charge is 2.24. The fourth-order valence-corrected chi connectivity index (χ4v) is 3.07. The summed E-state index contributed by atoms with van der Waals surface area (Å²) in [4.78, 5) is 27.6. The third-order valence-electron chi connectivity index (χ3n) is 3.60. The molecule has 2 aromatic rings. The van der Waals surface area contributed by atoms with Crippen molar-refractivity contribution in [2.75, 3.05) is 26.3 Å². The van der Waals surface area contributed by atoms with Gasteiger partial charge in [0, 0.05) is 31.4 Å². The van der Waals surface area contributed by atoms with Crippen LogP contribution in [0.5, 0.6) is 0 Å². The van der Waals surface area contributed by atoms with E-state index >= 15 is 0 Å². The number of carbonyl (C=O) groups excluding carboxylic acids is 1. The van der Waals surface area contributed by atoms with Crippen LogP contribution in [0.2, 0.25) is 0 Å². The van der Waals surface area contributed by atoms with Crippen LogP contribution in [0, 0.1) is 12.8 Å². The molecule has 1 atom stereocenters. The van der Waals surface area contributed by atoms with E-state index in [-0.39, 0.29) is 11.8 Å². The van der Waals surface area contributed by atoms with Gasteiger partial charge in [0.1, 0.15) is 4.88 Å². The number of aromatic nitrogens is 3. The summed E-state index contributed by atoms with van der Waals surface area (Å²) in [5.41, 5.74) is 3.52. The first kappa shape index (κ1) is 15.1. The Bertz CT molecular complexity index is 615. The summed E-state index contributed by atoms with van der Waals surface area (Å²) in [5, 5.41) is 0. The van der Waals surface area contributed by atoms with E-state index in [0.29, 0.717) is 31.2 Å². The first-order chi connectivity index (χ1) is 10.7. The van der Waals surface area contributed by atoms with Crippen LogP contribution < -0.4 is 0 Å². The predicted molar refractivity (Wildman–Crippen MR) is 82.8 cm³/mol. The number of thiazole rings is 1. The average molecular weight is 318 g/mol. The standard InChI is InChI=1S/C15H18N4O2S/c1-11-5-18-13(6-17-11)4-12-8-19(2-3-21-9-12)15(20)14-7-16-10-22-14/h5-7,10,12H,2-4,8-9H2,1H3/t12-/m0/s1. The van der Waals surface area contributed by atoms with Gasteiger partial charge in [0.25, 0.3) is 5.91 Å². The molecule has 0 spiro atoms. The minimum absolute atomic E-state index is 0.0352. The second-order valence-electron chi connectivity index (χ2n) is 5.41. The van der Waals surface area contributed by atoms with Crippen LogP contribution >= 0.6 is 11.3 Å². The Morgan fingerprint density at radius 2 is 2.32 bits per heavy atom. The molecule has 0 aliphatic carbocycles. The van der Waals surface area contributed by atoms with Crippen molar-refractivity contribution in [2.24, 2.45) is 5.92 Å². The fraction of sp³-hybridized carbons (Fsp3) is 0.467. The Balaban J connectivity index is 1.67. The lowest BCUT2D eigenvalue weighted by Gasteiger charge is -2.22. The molecule has 1 aliphatic heterocycles. The average Bonchev–Trinajstić information content (AvgIpc) is 2.96. The van der Waals surface area contributed by atoms with Gasteiger partial charge in [-0.25, -0.2) is 0 Å². The molecule has 7 heteroatoms. The van der Waals surface area contributed by atoms with E-state index in [9.17, 15) is 4.79 Å². The smallest absolute Gasteiger partial charge is 0.265 e. The molecule has 116 valence electrons. The highest BCUT2D eigenvalue weighted by molar-refractivity contribution is 7.11. The highest BCUT2D eigenvalue weighted by Crippen LogP contribution is 2.16. The lowest BCUT2D eigenvalue weighted by Crippen LogP contribution is -2.36. The Morgan fingerprint density at radius 1 is 1.41 bits per heavy atom. The lowest BCUT2D eigenvalue weighted by molar-refractivity contribution is 0.0742. The quantitative estimate of drug-likeness (QED) is 0.859. The van der Waals surface area contributed by atoms with Crippen molar-refractivity contribution in [2.45, 2.75) is 13.3 Å². The summed E-state index contributed by atoms with van der Waals surface area (Å²) < 4.78 is 5.65. The molecule has 0 aromatic carbocycles. The van der Waals surface area contributed by atoms with E-state index in [0.717, 1.165) is 17.8 Å². The second-order valence-corrected chi connectivity index (χ2v) is 6.30. The van der Waals surface area contributed by atoms with E-state index in [1.807, 2.05) is 11.8 Å². The van der Waals surface area contributed by atoms with E-state index < -0.39 is 0 Å². The summed E-state index contributed by atoms with van der Waals surface area (Å²) in [6.45, 7) is 4.42. The molecule has 1 aliphatic rings. The topological polar surface area (TPSA) is 68.2 Å². The highest BCUT2D eigenvalue weighted by atomic mass is 32.1. The first-order valence-corrected chi connectivity index (χ1v) is 8.13. The molecule has 22 heavy (non-hydrogen) atoms. The largest absolute Gasteiger partial charge is 0.379 e. The van der Waals surface area contributed by atoms with E-state index in [1.165, 1.54) is 11.3 Å². The van der Waals surface area contributed by atoms with Gasteiger partial charge in [0.15, 0.2) is 0 Å². The van der Waals surface area contributed by atoms with Gasteiger partial charge < -0.3 is 9.64 Å². The molecule has 2 aromatic heterocycles. The van der Waals surface area contributed by atoms with Gasteiger partial charge in [-0.1, -0.05) is 0 Å². The Morgan fingerprint density at radius 3 is 3.05 bits per heavy atom. The SMILES string of the molecule is Cc1cnc(C[C@@H]2COCCN(C(=O)c3cncs3)C2)cn1. The van der Waals surface area contributed by atoms with Crippen LogP contribution in [0.15, 0.2) is 24.1 Å². The maximum atomic E-state index is 12.5. The number of hydrogen-bond donors (Lipinski definition) is 0. The minimum atomic E-state index is 0.0352. The number of amides is 1. The normalized spacial score (nSPS) is 19.0. The molecule has 3 heterocycles. The molecule has 0 radical (unpaired) electrons. The van der Waals surface area contributed by atoms with Gasteiger partial charge in [0.05, 0.1) is 36.3 Å². The fourth-order valence-electron chi connectivity index (χ4n) is 2.49. The third kappa shape index (κ3) is 3.66. The Hall–Kier alpha value is -1.86. The van der Waals surface area contributed by atoms with Crippen LogP contribution in [0.4, 0.5) is 0 Å². The molecule has 0 bridgehead atoms. The maximum absolute atomic E-state index is 12.5. The summed E-state index contributed by atoms with van der Waals surface area (Å²) in [6.07, 6.45) is 5.96. The van der Waals surface area contributed by atoms with Crippen molar-refractivity contribution in [1.29, 1.82) is 0 Å². The molecule has 1 saturated heterocycles. The number of ether oxygens (including phenoxy) is 1. The third-order valence-corrected chi connectivity index (χ3v) is 4.36. The zero-order valence-corrected chi connectivity index (χ0v) is 13.3. The van der Waals surface area contributed by atoms with Crippen molar-refractivity contribution in [3.8, 4) is 0 Å². The monoisotopic (exact) mass is 318 g/mol. The van der Waals surface area contributed by atoms with Gasteiger partial charge in [-0.05, 0) is 13.3 Å². The van der Waals surface area contributed by atoms with Gasteiger partial charge in [0.2, 0.25) is 0 Å². The van der Waals surface area contributed by atoms with Crippen molar-refractivity contribution in [3.63, 3.8) is 0 Å². The number of carbonyl (C=O) groups is 1. The van der Waals surface area contributed by atoms with Gasteiger partial charge in [-0.15, -0.1) is 11.3 Å². The maximum Gasteiger partial charge on any atom is 0.265 e. The number of hydrogen-bond acceptors (Lipinski definition) is 6. The summed E-state index contributed by atoms with van der Waals surface area (Å²) in [7, 11) is 0. The van der Waals surface area contributed by atoms with Crippen molar-refractivity contribution in [3.05, 3.63) is 40.4 Å². The van der Waals surface area contributed by atoms with Crippen molar-refractivity contribution in [1.82, 2.24) is 19.9 Å². The van der Waals surface area contributed by atoms with Crippen molar-refractivity contribution < 1.29 is 9.53 Å². The number of nitrogens with zero attached hydrogens (tertiary/aromatic N) is 4. The molecular formula is C15H18N4O2S. The lowest BCUT2D eigenvalue weighted by atomic mass is 10.0. The van der Waals surface area contributed by atoms with E-state index in [4.69, 9.17) is 4.74 Å². The molecule has 3 rings (SSSR count). The Labute approximate surface area is 133 Å². The van der Waals surface area contributed by atoms with Gasteiger partial charge >= 0.3 is 0 Å². The van der Waals surface area contributed by atoms with Crippen LogP contribution in [0.1, 0.15) is 21.1 Å². The van der Waals surface area contributed by atoms with E-state index in [1.54, 1.807) is 24.1 Å². The molecule has 0 unspecified atom stereocenters. The molecule has 1 fully saturated rings. The van der Waals surface area contributed by atoms with Crippen LogP contribution in [-0.4, -0.2) is 52.1 Å². The molecular weight excluding hydrogens is 300 g/mol. The second kappa shape index (κ2) is 6.93. The van der Waals surface area contributed by atoms with Gasteiger partial charge in [-0.2, -0.15) is 0 Å². The van der Waals surface area contributed by atoms with Crippen molar-refractivity contribution >= 4 is 17.2 Å². The zero-order valence-electron chi connectivity index (χ0n) is 12.4. The van der Waals surface area contributed by atoms with Gasteiger partial charge in [-0.3, -0.25) is 19.7 Å². The first-order valence-electron chi connectivity index (χ1n) is 7.25. The van der Waals surface area contributed by atoms with Crippen LogP contribution in [0.25, 0.3) is 0 Å².